The van der Waals surface area contributed by atoms with E-state index in [9.17, 15) is 14.0 Å². The highest BCUT2D eigenvalue weighted by atomic mass is 127. The van der Waals surface area contributed by atoms with Crippen LogP contribution in [0.25, 0.3) is 0 Å². The number of aromatic amines is 1. The molecule has 1 saturated heterocycles. The van der Waals surface area contributed by atoms with Crippen molar-refractivity contribution in [1.29, 1.82) is 0 Å². The number of H-pyrrole nitrogens is 1. The van der Waals surface area contributed by atoms with Crippen molar-refractivity contribution >= 4 is 22.6 Å². The third kappa shape index (κ3) is 2.44. The summed E-state index contributed by atoms with van der Waals surface area (Å²) in [5, 5.41) is 0. The van der Waals surface area contributed by atoms with Gasteiger partial charge in [0.1, 0.15) is 18.5 Å². The largest absolute Gasteiger partial charge is 0.351 e. The summed E-state index contributed by atoms with van der Waals surface area (Å²) in [5.41, 5.74) is -0.583. The summed E-state index contributed by atoms with van der Waals surface area (Å²) in [6.45, 7) is 1.59. The minimum absolute atomic E-state index is 0.138. The van der Waals surface area contributed by atoms with Crippen molar-refractivity contribution in [2.45, 2.75) is 31.8 Å². The van der Waals surface area contributed by atoms with Gasteiger partial charge in [0, 0.05) is 22.6 Å². The zero-order valence-electron chi connectivity index (χ0n) is 9.15. The number of halogens is 2. The van der Waals surface area contributed by atoms with Crippen LogP contribution < -0.4 is 11.2 Å². The highest BCUT2D eigenvalue weighted by molar-refractivity contribution is 14.1. The smallest absolute Gasteiger partial charge is 0.330 e. The molecular formula is C10H12FIN2O3. The molecule has 0 saturated carbocycles. The van der Waals surface area contributed by atoms with E-state index in [-0.39, 0.29) is 6.42 Å². The van der Waals surface area contributed by atoms with Crippen LogP contribution >= 0.6 is 22.6 Å². The van der Waals surface area contributed by atoms with Crippen molar-refractivity contribution in [3.63, 3.8) is 0 Å². The average molecular weight is 354 g/mol. The molecule has 0 aliphatic carbocycles. The van der Waals surface area contributed by atoms with Crippen LogP contribution in [0.15, 0.2) is 15.8 Å². The minimum Gasteiger partial charge on any atom is -0.351 e. The van der Waals surface area contributed by atoms with Gasteiger partial charge in [0.2, 0.25) is 0 Å². The molecule has 1 N–H and O–H groups in total. The number of rotatable bonds is 2. The molecule has 1 fully saturated rings. The van der Waals surface area contributed by atoms with Crippen LogP contribution in [0.2, 0.25) is 0 Å². The lowest BCUT2D eigenvalue weighted by atomic mass is 10.2. The third-order valence-corrected chi connectivity index (χ3v) is 3.64. The first-order chi connectivity index (χ1) is 8.02. The van der Waals surface area contributed by atoms with Gasteiger partial charge in [0.05, 0.1) is 0 Å². The van der Waals surface area contributed by atoms with Crippen LogP contribution in [0, 0.1) is 6.92 Å². The van der Waals surface area contributed by atoms with Crippen LogP contribution in [0.4, 0.5) is 4.39 Å². The van der Waals surface area contributed by atoms with E-state index in [4.69, 9.17) is 4.74 Å². The average Bonchev–Trinajstić information content (AvgIpc) is 2.65. The second-order valence-electron chi connectivity index (χ2n) is 4.01. The normalized spacial score (nSPS) is 28.5. The van der Waals surface area contributed by atoms with Crippen LogP contribution in [0.5, 0.6) is 0 Å². The Labute approximate surface area is 110 Å². The van der Waals surface area contributed by atoms with Gasteiger partial charge in [0.15, 0.2) is 0 Å². The van der Waals surface area contributed by atoms with E-state index in [2.05, 4.69) is 4.98 Å². The number of nitrogens with zero attached hydrogens (tertiary/aromatic N) is 1. The molecule has 17 heavy (non-hydrogen) atoms. The van der Waals surface area contributed by atoms with Gasteiger partial charge in [0.25, 0.3) is 5.56 Å². The second kappa shape index (κ2) is 4.89. The van der Waals surface area contributed by atoms with Crippen molar-refractivity contribution < 1.29 is 9.13 Å². The Morgan fingerprint density at radius 2 is 2.35 bits per heavy atom. The quantitative estimate of drug-likeness (QED) is 0.634. The number of aryl methyl sites for hydroxylation is 1. The molecular weight excluding hydrogens is 342 g/mol. The molecule has 2 rings (SSSR count). The summed E-state index contributed by atoms with van der Waals surface area (Å²) in [5.74, 6) is 0. The van der Waals surface area contributed by atoms with Gasteiger partial charge in [-0.25, -0.2) is 9.18 Å². The van der Waals surface area contributed by atoms with Crippen LogP contribution in [0.1, 0.15) is 18.2 Å². The topological polar surface area (TPSA) is 64.1 Å². The summed E-state index contributed by atoms with van der Waals surface area (Å²) in [6.07, 6.45) is -0.642. The van der Waals surface area contributed by atoms with Crippen molar-refractivity contribution in [2.24, 2.45) is 0 Å². The molecule has 7 heteroatoms. The van der Waals surface area contributed by atoms with E-state index < -0.39 is 29.8 Å². The van der Waals surface area contributed by atoms with Crippen molar-refractivity contribution in [3.8, 4) is 0 Å². The molecule has 0 amide bonds. The fourth-order valence-electron chi connectivity index (χ4n) is 1.80. The number of hydrogen-bond acceptors (Lipinski definition) is 3. The SMILES string of the molecule is Cc1cn([C@H]2C[C@H](F)[C@@H](CI)O2)c(=O)[nH]c1=O. The van der Waals surface area contributed by atoms with E-state index in [0.717, 1.165) is 0 Å². The molecule has 1 aliphatic rings. The van der Waals surface area contributed by atoms with Crippen LogP contribution in [0.3, 0.4) is 0 Å². The Morgan fingerprint density at radius 1 is 1.65 bits per heavy atom. The maximum atomic E-state index is 13.5. The lowest BCUT2D eigenvalue weighted by Crippen LogP contribution is -2.33. The maximum absolute atomic E-state index is 13.5. The van der Waals surface area contributed by atoms with Gasteiger partial charge < -0.3 is 4.74 Å². The standard InChI is InChI=1S/C10H12FIN2O3/c1-5-4-14(10(16)13-9(5)15)8-2-6(11)7(3-12)17-8/h4,6-8H,2-3H2,1H3,(H,13,15,16)/t6-,7+,8+/m0/s1. The molecule has 1 aromatic rings. The molecule has 0 spiro atoms. The highest BCUT2D eigenvalue weighted by Crippen LogP contribution is 2.30. The lowest BCUT2D eigenvalue weighted by Gasteiger charge is -2.14. The number of hydrogen-bond donors (Lipinski definition) is 1. The van der Waals surface area contributed by atoms with Gasteiger partial charge in [-0.05, 0) is 6.92 Å². The third-order valence-electron chi connectivity index (χ3n) is 2.77. The summed E-state index contributed by atoms with van der Waals surface area (Å²) in [6, 6.07) is 0. The fourth-order valence-corrected chi connectivity index (χ4v) is 2.56. The maximum Gasteiger partial charge on any atom is 0.330 e. The summed E-state index contributed by atoms with van der Waals surface area (Å²) < 4.78 is 20.7. The molecule has 2 heterocycles. The predicted molar refractivity (Wildman–Crippen MR) is 68.4 cm³/mol. The molecule has 5 nitrogen and oxygen atoms in total. The van der Waals surface area contributed by atoms with Crippen molar-refractivity contribution in [3.05, 3.63) is 32.6 Å². The summed E-state index contributed by atoms with van der Waals surface area (Å²) >= 11 is 2.04. The zero-order valence-corrected chi connectivity index (χ0v) is 11.3. The Hall–Kier alpha value is -0.700. The van der Waals surface area contributed by atoms with E-state index >= 15 is 0 Å². The monoisotopic (exact) mass is 354 g/mol. The highest BCUT2D eigenvalue weighted by Gasteiger charge is 2.36. The van der Waals surface area contributed by atoms with Crippen LogP contribution in [-0.2, 0) is 4.74 Å². The first kappa shape index (κ1) is 12.7. The second-order valence-corrected chi connectivity index (χ2v) is 4.89. The molecule has 0 unspecified atom stereocenters. The Balaban J connectivity index is 2.34. The molecule has 0 bridgehead atoms. The molecule has 94 valence electrons. The van der Waals surface area contributed by atoms with E-state index in [1.165, 1.54) is 10.8 Å². The first-order valence-corrected chi connectivity index (χ1v) is 6.73. The van der Waals surface area contributed by atoms with Crippen LogP contribution in [-0.4, -0.2) is 26.3 Å². The fraction of sp³-hybridized carbons (Fsp3) is 0.600. The van der Waals surface area contributed by atoms with Gasteiger partial charge in [-0.1, -0.05) is 22.6 Å². The predicted octanol–water partition coefficient (Wildman–Crippen LogP) is 0.906. The molecule has 1 aromatic heterocycles. The molecule has 0 radical (unpaired) electrons. The lowest BCUT2D eigenvalue weighted by molar-refractivity contribution is 0.00300. The molecule has 1 aliphatic heterocycles. The minimum atomic E-state index is -1.07. The molecule has 0 aromatic carbocycles. The Kier molecular flexibility index (Phi) is 3.67. The van der Waals surface area contributed by atoms with Gasteiger partial charge >= 0.3 is 5.69 Å². The number of aromatic nitrogens is 2. The number of ether oxygens (including phenoxy) is 1. The molecule has 3 atom stereocenters. The van der Waals surface area contributed by atoms with E-state index in [0.29, 0.717) is 9.99 Å². The Morgan fingerprint density at radius 3 is 2.94 bits per heavy atom. The van der Waals surface area contributed by atoms with Gasteiger partial charge in [-0.3, -0.25) is 14.3 Å². The van der Waals surface area contributed by atoms with Crippen molar-refractivity contribution in [1.82, 2.24) is 9.55 Å². The van der Waals surface area contributed by atoms with Gasteiger partial charge in [-0.15, -0.1) is 0 Å². The zero-order chi connectivity index (χ0) is 12.6. The number of nitrogens with one attached hydrogen (secondary N) is 1. The van der Waals surface area contributed by atoms with Crippen molar-refractivity contribution in [2.75, 3.05) is 4.43 Å². The number of alkyl halides is 2. The summed E-state index contributed by atoms with van der Waals surface area (Å²) in [7, 11) is 0. The Bertz CT molecular complexity index is 527. The van der Waals surface area contributed by atoms with Gasteiger partial charge in [-0.2, -0.15) is 0 Å². The first-order valence-electron chi connectivity index (χ1n) is 5.20. The van der Waals surface area contributed by atoms with E-state index in [1.807, 2.05) is 22.6 Å². The summed E-state index contributed by atoms with van der Waals surface area (Å²) in [4.78, 5) is 25.0. The van der Waals surface area contributed by atoms with E-state index in [1.54, 1.807) is 6.92 Å².